The van der Waals surface area contributed by atoms with Gasteiger partial charge in [0.2, 0.25) is 5.91 Å². The summed E-state index contributed by atoms with van der Waals surface area (Å²) in [6, 6.07) is 2.08. The van der Waals surface area contributed by atoms with E-state index < -0.39 is 0 Å². The second-order valence-corrected chi connectivity index (χ2v) is 10.7. The minimum absolute atomic E-state index is 0.0628. The molecule has 1 aromatic heterocycles. The van der Waals surface area contributed by atoms with Crippen LogP contribution in [0.5, 0.6) is 0 Å². The van der Waals surface area contributed by atoms with Crippen LogP contribution in [0.15, 0.2) is 16.0 Å². The van der Waals surface area contributed by atoms with E-state index in [2.05, 4.69) is 36.5 Å². The largest absolute Gasteiger partial charge is 0.322 e. The fourth-order valence-electron chi connectivity index (χ4n) is 3.85. The van der Waals surface area contributed by atoms with Crippen molar-refractivity contribution in [1.29, 1.82) is 0 Å². The van der Waals surface area contributed by atoms with E-state index in [9.17, 15) is 4.79 Å². The first kappa shape index (κ1) is 23.9. The smallest absolute Gasteiger partial charge is 0.237 e. The van der Waals surface area contributed by atoms with Gasteiger partial charge in [-0.3, -0.25) is 4.79 Å². The molecular weight excluding hydrogens is 404 g/mol. The van der Waals surface area contributed by atoms with E-state index in [4.69, 9.17) is 0 Å². The van der Waals surface area contributed by atoms with Gasteiger partial charge in [0.15, 0.2) is 0 Å². The number of amides is 1. The van der Waals surface area contributed by atoms with Gasteiger partial charge in [-0.15, -0.1) is 35.3 Å². The van der Waals surface area contributed by atoms with E-state index in [1.807, 2.05) is 24.9 Å². The molecule has 0 aliphatic carbocycles. The first-order chi connectivity index (χ1) is 13.5. The summed E-state index contributed by atoms with van der Waals surface area (Å²) in [6.45, 7) is 6.50. The average Bonchev–Trinajstić information content (AvgIpc) is 2.71. The molecule has 1 amide bonds. The van der Waals surface area contributed by atoms with Crippen molar-refractivity contribution in [3.8, 4) is 0 Å². The van der Waals surface area contributed by atoms with Gasteiger partial charge in [-0.25, -0.2) is 4.98 Å². The molecule has 2 rings (SSSR count). The van der Waals surface area contributed by atoms with Crippen molar-refractivity contribution < 1.29 is 4.79 Å². The minimum Gasteiger partial charge on any atom is -0.322 e. The summed E-state index contributed by atoms with van der Waals surface area (Å²) in [5, 5.41) is 4.91. The van der Waals surface area contributed by atoms with Crippen molar-refractivity contribution in [2.45, 2.75) is 92.6 Å². The molecule has 158 valence electrons. The monoisotopic (exact) mass is 440 g/mol. The Kier molecular flexibility index (Phi) is 10.6. The maximum absolute atomic E-state index is 13.4. The number of anilines is 1. The molecule has 6 heteroatoms. The highest BCUT2D eigenvalue weighted by Gasteiger charge is 2.35. The molecule has 0 aromatic carbocycles. The number of aryl methyl sites for hydroxylation is 1. The number of carbonyl (C=O) groups is 1. The lowest BCUT2D eigenvalue weighted by atomic mass is 9.90. The highest BCUT2D eigenvalue weighted by atomic mass is 32.2. The SMILES string of the molecule is CCCCC1CCC(CCCC)C(C(=O)Nc2c(SC)cc(C)nc2SC)S1. The zero-order valence-corrected chi connectivity index (χ0v) is 20.5. The fraction of sp³-hybridized carbons (Fsp3) is 0.727. The molecule has 3 nitrogen and oxygen atoms in total. The third kappa shape index (κ3) is 6.60. The maximum atomic E-state index is 13.4. The summed E-state index contributed by atoms with van der Waals surface area (Å²) < 4.78 is 0. The van der Waals surface area contributed by atoms with E-state index in [1.54, 1.807) is 23.5 Å². The molecule has 0 saturated carbocycles. The lowest BCUT2D eigenvalue weighted by Crippen LogP contribution is -2.37. The molecule has 0 spiro atoms. The number of nitrogens with one attached hydrogen (secondary N) is 1. The molecule has 3 unspecified atom stereocenters. The fourth-order valence-corrected chi connectivity index (χ4v) is 6.83. The molecule has 1 aliphatic heterocycles. The second kappa shape index (κ2) is 12.4. The van der Waals surface area contributed by atoms with Crippen LogP contribution in [0.3, 0.4) is 0 Å². The van der Waals surface area contributed by atoms with Gasteiger partial charge in [0, 0.05) is 15.8 Å². The first-order valence-corrected chi connectivity index (χ1v) is 14.0. The molecule has 0 radical (unpaired) electrons. The molecule has 1 saturated heterocycles. The number of thioether (sulfide) groups is 3. The summed E-state index contributed by atoms with van der Waals surface area (Å²) >= 11 is 5.23. The Morgan fingerprint density at radius 2 is 1.89 bits per heavy atom. The van der Waals surface area contributed by atoms with E-state index in [0.717, 1.165) is 21.3 Å². The Morgan fingerprint density at radius 3 is 2.54 bits per heavy atom. The number of aromatic nitrogens is 1. The molecule has 3 atom stereocenters. The molecule has 0 bridgehead atoms. The summed E-state index contributed by atoms with van der Waals surface area (Å²) in [5.74, 6) is 0.681. The lowest BCUT2D eigenvalue weighted by Gasteiger charge is -2.35. The Hall–Kier alpha value is -0.330. The number of hydrogen-bond donors (Lipinski definition) is 1. The van der Waals surface area contributed by atoms with Gasteiger partial charge in [-0.05, 0) is 57.1 Å². The summed E-state index contributed by atoms with van der Waals surface area (Å²) in [7, 11) is 0. The van der Waals surface area contributed by atoms with Crippen LogP contribution < -0.4 is 5.32 Å². The van der Waals surface area contributed by atoms with Crippen LogP contribution in [0.25, 0.3) is 0 Å². The molecule has 2 heterocycles. The van der Waals surface area contributed by atoms with Crippen molar-refractivity contribution in [1.82, 2.24) is 4.98 Å². The third-order valence-corrected chi connectivity index (χ3v) is 8.63. The topological polar surface area (TPSA) is 42.0 Å². The lowest BCUT2D eigenvalue weighted by molar-refractivity contribution is -0.116. The van der Waals surface area contributed by atoms with Crippen molar-refractivity contribution in [3.63, 3.8) is 0 Å². The summed E-state index contributed by atoms with van der Waals surface area (Å²) in [4.78, 5) is 19.2. The number of nitrogens with zero attached hydrogens (tertiary/aromatic N) is 1. The van der Waals surface area contributed by atoms with Crippen LogP contribution in [0.4, 0.5) is 5.69 Å². The summed E-state index contributed by atoms with van der Waals surface area (Å²) in [6.07, 6.45) is 13.9. The van der Waals surface area contributed by atoms with Crippen LogP contribution in [0, 0.1) is 12.8 Å². The quantitative estimate of drug-likeness (QED) is 0.395. The highest BCUT2D eigenvalue weighted by Crippen LogP contribution is 2.42. The number of rotatable bonds is 10. The first-order valence-electron chi connectivity index (χ1n) is 10.6. The Bertz CT molecular complexity index is 613. The van der Waals surface area contributed by atoms with Crippen molar-refractivity contribution >= 4 is 46.9 Å². The predicted octanol–water partition coefficient (Wildman–Crippen LogP) is 7.03. The molecule has 28 heavy (non-hydrogen) atoms. The molecular formula is C22H36N2OS3. The number of hydrogen-bond acceptors (Lipinski definition) is 5. The van der Waals surface area contributed by atoms with Crippen LogP contribution in [0.1, 0.15) is 70.9 Å². The molecule has 1 aliphatic rings. The number of pyridine rings is 1. The minimum atomic E-state index is 0.0628. The predicted molar refractivity (Wildman–Crippen MR) is 128 cm³/mol. The van der Waals surface area contributed by atoms with Gasteiger partial charge in [-0.2, -0.15) is 0 Å². The standard InChI is InChI=1S/C22H36N2OS3/c1-6-8-10-16-12-13-17(11-9-7-2)28-20(16)21(25)24-19-18(26-4)14-15(3)23-22(19)27-5/h14,16-17,20H,6-13H2,1-5H3,(H,24,25). The van der Waals surface area contributed by atoms with Crippen molar-refractivity contribution in [2.24, 2.45) is 5.92 Å². The van der Waals surface area contributed by atoms with E-state index in [-0.39, 0.29) is 11.2 Å². The van der Waals surface area contributed by atoms with Crippen LogP contribution in [-0.2, 0) is 4.79 Å². The molecule has 1 N–H and O–H groups in total. The molecule has 1 fully saturated rings. The van der Waals surface area contributed by atoms with Gasteiger partial charge in [0.05, 0.1) is 10.9 Å². The van der Waals surface area contributed by atoms with Gasteiger partial charge in [0.1, 0.15) is 5.03 Å². The van der Waals surface area contributed by atoms with E-state index in [0.29, 0.717) is 11.2 Å². The van der Waals surface area contributed by atoms with Crippen molar-refractivity contribution in [2.75, 3.05) is 17.8 Å². The second-order valence-electron chi connectivity index (χ2n) is 7.64. The number of unbranched alkanes of at least 4 members (excludes halogenated alkanes) is 2. The zero-order chi connectivity index (χ0) is 20.5. The maximum Gasteiger partial charge on any atom is 0.237 e. The Morgan fingerprint density at radius 1 is 1.18 bits per heavy atom. The molecule has 1 aromatic rings. The Labute approximate surface area is 184 Å². The van der Waals surface area contributed by atoms with E-state index >= 15 is 0 Å². The normalized spacial score (nSPS) is 22.2. The van der Waals surface area contributed by atoms with Gasteiger partial charge >= 0.3 is 0 Å². The van der Waals surface area contributed by atoms with E-state index in [1.165, 1.54) is 51.4 Å². The average molecular weight is 441 g/mol. The van der Waals surface area contributed by atoms with Gasteiger partial charge in [0.25, 0.3) is 0 Å². The van der Waals surface area contributed by atoms with Crippen molar-refractivity contribution in [3.05, 3.63) is 11.8 Å². The highest BCUT2D eigenvalue weighted by molar-refractivity contribution is 8.01. The van der Waals surface area contributed by atoms with Crippen LogP contribution in [0.2, 0.25) is 0 Å². The summed E-state index contributed by atoms with van der Waals surface area (Å²) in [5.41, 5.74) is 1.90. The third-order valence-electron chi connectivity index (χ3n) is 5.43. The number of carbonyl (C=O) groups excluding carboxylic acids is 1. The van der Waals surface area contributed by atoms with Crippen LogP contribution in [-0.4, -0.2) is 33.9 Å². The van der Waals surface area contributed by atoms with Gasteiger partial charge < -0.3 is 5.32 Å². The zero-order valence-electron chi connectivity index (χ0n) is 18.0. The van der Waals surface area contributed by atoms with Gasteiger partial charge in [-0.1, -0.05) is 39.5 Å². The van der Waals surface area contributed by atoms with Crippen LogP contribution >= 0.6 is 35.3 Å². The Balaban J connectivity index is 2.20.